The van der Waals surface area contributed by atoms with Crippen LogP contribution in [0.3, 0.4) is 0 Å². The van der Waals surface area contributed by atoms with Crippen LogP contribution >= 0.6 is 11.6 Å². The third-order valence-corrected chi connectivity index (χ3v) is 6.55. The van der Waals surface area contributed by atoms with Crippen molar-refractivity contribution in [3.63, 3.8) is 0 Å². The fourth-order valence-corrected chi connectivity index (χ4v) is 4.50. The van der Waals surface area contributed by atoms with Crippen molar-refractivity contribution in [2.45, 2.75) is 19.6 Å². The maximum atomic E-state index is 13.7. The number of ether oxygens (including phenoxy) is 2. The van der Waals surface area contributed by atoms with Crippen molar-refractivity contribution in [2.75, 3.05) is 39.8 Å². The molecular formula is C28H30ClFN2O3. The molecule has 0 radical (unpaired) electrons. The quantitative estimate of drug-likeness (QED) is 0.412. The Morgan fingerprint density at radius 2 is 1.80 bits per heavy atom. The van der Waals surface area contributed by atoms with E-state index in [2.05, 4.69) is 4.90 Å². The largest absolute Gasteiger partial charge is 0.497 e. The lowest BCUT2D eigenvalue weighted by molar-refractivity contribution is 0.00332. The smallest absolute Gasteiger partial charge is 0.254 e. The molecule has 1 atom stereocenters. The lowest BCUT2D eigenvalue weighted by atomic mass is 10.1. The van der Waals surface area contributed by atoms with Gasteiger partial charge in [-0.2, -0.15) is 0 Å². The van der Waals surface area contributed by atoms with E-state index in [0.717, 1.165) is 22.4 Å². The van der Waals surface area contributed by atoms with E-state index in [0.29, 0.717) is 49.9 Å². The summed E-state index contributed by atoms with van der Waals surface area (Å²) in [7, 11) is 1.65. The van der Waals surface area contributed by atoms with Crippen LogP contribution in [0.2, 0.25) is 5.02 Å². The van der Waals surface area contributed by atoms with Gasteiger partial charge in [-0.05, 0) is 60.0 Å². The molecule has 3 aromatic carbocycles. The van der Waals surface area contributed by atoms with Gasteiger partial charge in [-0.15, -0.1) is 0 Å². The second-order valence-electron chi connectivity index (χ2n) is 8.76. The number of methoxy groups -OCH3 is 1. The summed E-state index contributed by atoms with van der Waals surface area (Å²) in [6.07, 6.45) is -0.184. The van der Waals surface area contributed by atoms with Gasteiger partial charge in [0.25, 0.3) is 5.91 Å². The maximum Gasteiger partial charge on any atom is 0.254 e. The van der Waals surface area contributed by atoms with Crippen molar-refractivity contribution in [3.05, 3.63) is 99.8 Å². The molecule has 1 heterocycles. The summed E-state index contributed by atoms with van der Waals surface area (Å²) in [6.45, 7) is 5.51. The Labute approximate surface area is 211 Å². The van der Waals surface area contributed by atoms with E-state index in [9.17, 15) is 9.18 Å². The first-order valence-corrected chi connectivity index (χ1v) is 12.1. The van der Waals surface area contributed by atoms with Gasteiger partial charge in [0.1, 0.15) is 11.6 Å². The predicted molar refractivity (Wildman–Crippen MR) is 135 cm³/mol. The highest BCUT2D eigenvalue weighted by atomic mass is 35.5. The topological polar surface area (TPSA) is 42.0 Å². The number of hydrogen-bond donors (Lipinski definition) is 0. The summed E-state index contributed by atoms with van der Waals surface area (Å²) >= 11 is 6.14. The van der Waals surface area contributed by atoms with Crippen molar-refractivity contribution in [3.8, 4) is 5.75 Å². The summed E-state index contributed by atoms with van der Waals surface area (Å²) in [5, 5.41) is 0.679. The Balaban J connectivity index is 1.42. The van der Waals surface area contributed by atoms with E-state index >= 15 is 0 Å². The number of halogens is 2. The number of aryl methyl sites for hydroxylation is 1. The highest BCUT2D eigenvalue weighted by Crippen LogP contribution is 2.26. The molecule has 4 rings (SSSR count). The number of amides is 1. The Morgan fingerprint density at radius 1 is 1.03 bits per heavy atom. The van der Waals surface area contributed by atoms with Crippen LogP contribution in [0.15, 0.2) is 66.7 Å². The van der Waals surface area contributed by atoms with Gasteiger partial charge >= 0.3 is 0 Å². The molecule has 0 spiro atoms. The average Bonchev–Trinajstić information content (AvgIpc) is 2.88. The first-order valence-electron chi connectivity index (χ1n) is 11.7. The molecule has 0 N–H and O–H groups in total. The van der Waals surface area contributed by atoms with Gasteiger partial charge in [-0.3, -0.25) is 9.69 Å². The molecule has 7 heteroatoms. The van der Waals surface area contributed by atoms with Crippen molar-refractivity contribution in [1.82, 2.24) is 9.80 Å². The standard InChI is InChI=1S/C28H30ClFN2O3/c1-20-9-10-24(30)17-26(20)28(33)32-13-11-31(12-14-32)18-27(22-6-4-8-25(16-22)34-2)35-19-21-5-3-7-23(29)15-21/h3-10,15-17,27H,11-14,18-19H2,1-2H3/t27-/m0/s1. The molecule has 1 aliphatic heterocycles. The summed E-state index contributed by atoms with van der Waals surface area (Å²) in [4.78, 5) is 17.1. The number of carbonyl (C=O) groups excluding carboxylic acids is 1. The second kappa shape index (κ2) is 11.7. The van der Waals surface area contributed by atoms with E-state index in [-0.39, 0.29) is 12.0 Å². The summed E-state index contributed by atoms with van der Waals surface area (Å²) < 4.78 is 25.5. The monoisotopic (exact) mass is 496 g/mol. The van der Waals surface area contributed by atoms with Crippen LogP contribution in [-0.2, 0) is 11.3 Å². The number of rotatable bonds is 8. The van der Waals surface area contributed by atoms with Gasteiger partial charge < -0.3 is 14.4 Å². The number of nitrogens with zero attached hydrogens (tertiary/aromatic N) is 2. The third kappa shape index (κ3) is 6.60. The molecule has 0 unspecified atom stereocenters. The molecule has 1 aliphatic rings. The van der Waals surface area contributed by atoms with Crippen LogP contribution in [0.5, 0.6) is 5.75 Å². The lowest BCUT2D eigenvalue weighted by Crippen LogP contribution is -2.49. The lowest BCUT2D eigenvalue weighted by Gasteiger charge is -2.36. The van der Waals surface area contributed by atoms with Gasteiger partial charge in [0.2, 0.25) is 0 Å². The van der Waals surface area contributed by atoms with E-state index < -0.39 is 5.82 Å². The van der Waals surface area contributed by atoms with Crippen LogP contribution in [0.4, 0.5) is 4.39 Å². The second-order valence-corrected chi connectivity index (χ2v) is 9.19. The van der Waals surface area contributed by atoms with Crippen LogP contribution in [0.1, 0.15) is 33.2 Å². The normalized spacial score (nSPS) is 15.1. The predicted octanol–water partition coefficient (Wildman–Crippen LogP) is 5.51. The molecule has 184 valence electrons. The number of carbonyl (C=O) groups is 1. The number of hydrogen-bond acceptors (Lipinski definition) is 4. The Bertz CT molecular complexity index is 1160. The van der Waals surface area contributed by atoms with E-state index in [1.54, 1.807) is 18.1 Å². The zero-order chi connectivity index (χ0) is 24.8. The molecule has 0 saturated carbocycles. The number of piperazine rings is 1. The van der Waals surface area contributed by atoms with Crippen LogP contribution < -0.4 is 4.74 Å². The van der Waals surface area contributed by atoms with Crippen LogP contribution in [0.25, 0.3) is 0 Å². The van der Waals surface area contributed by atoms with Crippen molar-refractivity contribution < 1.29 is 18.7 Å². The summed E-state index contributed by atoms with van der Waals surface area (Å²) in [5.74, 6) is 0.263. The fraction of sp³-hybridized carbons (Fsp3) is 0.321. The molecule has 1 saturated heterocycles. The van der Waals surface area contributed by atoms with Crippen LogP contribution in [-0.4, -0.2) is 55.5 Å². The van der Waals surface area contributed by atoms with Gasteiger partial charge in [0.15, 0.2) is 0 Å². The highest BCUT2D eigenvalue weighted by molar-refractivity contribution is 6.30. The van der Waals surface area contributed by atoms with Gasteiger partial charge in [-0.25, -0.2) is 4.39 Å². The van der Waals surface area contributed by atoms with E-state index in [4.69, 9.17) is 21.1 Å². The fourth-order valence-electron chi connectivity index (χ4n) is 4.28. The molecule has 5 nitrogen and oxygen atoms in total. The first kappa shape index (κ1) is 25.2. The average molecular weight is 497 g/mol. The van der Waals surface area contributed by atoms with Crippen molar-refractivity contribution in [1.29, 1.82) is 0 Å². The van der Waals surface area contributed by atoms with Gasteiger partial charge in [-0.1, -0.05) is 41.9 Å². The van der Waals surface area contributed by atoms with Gasteiger partial charge in [0, 0.05) is 43.3 Å². The van der Waals surface area contributed by atoms with Crippen molar-refractivity contribution in [2.24, 2.45) is 0 Å². The molecule has 1 amide bonds. The third-order valence-electron chi connectivity index (χ3n) is 6.32. The summed E-state index contributed by atoms with van der Waals surface area (Å²) in [5.41, 5.74) is 3.25. The highest BCUT2D eigenvalue weighted by Gasteiger charge is 2.26. The zero-order valence-corrected chi connectivity index (χ0v) is 20.8. The molecule has 35 heavy (non-hydrogen) atoms. The Hall–Kier alpha value is -2.93. The molecule has 0 aromatic heterocycles. The molecule has 0 bridgehead atoms. The van der Waals surface area contributed by atoms with E-state index in [1.807, 2.05) is 55.5 Å². The van der Waals surface area contributed by atoms with Crippen molar-refractivity contribution >= 4 is 17.5 Å². The minimum Gasteiger partial charge on any atom is -0.497 e. The molecule has 0 aliphatic carbocycles. The Morgan fingerprint density at radius 3 is 2.54 bits per heavy atom. The summed E-state index contributed by atoms with van der Waals surface area (Å²) in [6, 6.07) is 19.9. The van der Waals surface area contributed by atoms with Crippen LogP contribution in [0, 0.1) is 12.7 Å². The number of benzene rings is 3. The first-order chi connectivity index (χ1) is 16.9. The molecule has 3 aromatic rings. The zero-order valence-electron chi connectivity index (χ0n) is 20.0. The maximum absolute atomic E-state index is 13.7. The van der Waals surface area contributed by atoms with Gasteiger partial charge in [0.05, 0.1) is 19.8 Å². The Kier molecular flexibility index (Phi) is 8.39. The minimum absolute atomic E-state index is 0.122. The SMILES string of the molecule is COc1cccc([C@H](CN2CCN(C(=O)c3cc(F)ccc3C)CC2)OCc2cccc(Cl)c2)c1. The minimum atomic E-state index is -0.393. The molecular weight excluding hydrogens is 467 g/mol. The molecule has 1 fully saturated rings. The van der Waals surface area contributed by atoms with E-state index in [1.165, 1.54) is 12.1 Å².